The second kappa shape index (κ2) is 8.28. The average molecular weight is 444 g/mol. The first kappa shape index (κ1) is 20.0. The molecule has 0 amide bonds. The molecular formula is C24H18ClN5O2. The van der Waals surface area contributed by atoms with Crippen LogP contribution in [0.25, 0.3) is 22.2 Å². The molecule has 5 rings (SSSR count). The summed E-state index contributed by atoms with van der Waals surface area (Å²) >= 11 is 6.07. The Morgan fingerprint density at radius 3 is 2.72 bits per heavy atom. The Morgan fingerprint density at radius 1 is 1.03 bits per heavy atom. The first-order valence-corrected chi connectivity index (χ1v) is 10.3. The second-order valence-electron chi connectivity index (χ2n) is 7.37. The zero-order valence-electron chi connectivity index (χ0n) is 17.1. The number of pyridine rings is 1. The number of aryl methyl sites for hydroxylation is 1. The predicted octanol–water partition coefficient (Wildman–Crippen LogP) is 4.69. The molecule has 0 atom stereocenters. The Bertz CT molecular complexity index is 1490. The van der Waals surface area contributed by atoms with Crippen LogP contribution in [0.1, 0.15) is 5.56 Å². The summed E-state index contributed by atoms with van der Waals surface area (Å²) in [5.74, 6) is 1.15. The highest BCUT2D eigenvalue weighted by Crippen LogP contribution is 2.27. The lowest BCUT2D eigenvalue weighted by atomic mass is 10.2. The highest BCUT2D eigenvalue weighted by Gasteiger charge is 2.09. The van der Waals surface area contributed by atoms with Gasteiger partial charge in [0, 0.05) is 36.1 Å². The number of rotatable bonds is 5. The Morgan fingerprint density at radius 2 is 1.91 bits per heavy atom. The SMILES string of the molecule is Cn1cc(-c2cc(Oc3ccc4ncn(Cc5cccc(Cl)c5)c(=O)c4c3)ccn2)cn1. The smallest absolute Gasteiger partial charge is 0.261 e. The van der Waals surface area contributed by atoms with Gasteiger partial charge in [0.1, 0.15) is 11.5 Å². The molecule has 8 heteroatoms. The van der Waals surface area contributed by atoms with E-state index in [-0.39, 0.29) is 5.56 Å². The van der Waals surface area contributed by atoms with Crippen molar-refractivity contribution in [2.24, 2.45) is 7.05 Å². The summed E-state index contributed by atoms with van der Waals surface area (Å²) in [5, 5.41) is 5.29. The topological polar surface area (TPSA) is 74.8 Å². The summed E-state index contributed by atoms with van der Waals surface area (Å²) in [6.45, 7) is 0.381. The van der Waals surface area contributed by atoms with E-state index in [2.05, 4.69) is 15.1 Å². The zero-order chi connectivity index (χ0) is 22.1. The summed E-state index contributed by atoms with van der Waals surface area (Å²) in [5.41, 5.74) is 3.03. The minimum Gasteiger partial charge on any atom is -0.457 e. The van der Waals surface area contributed by atoms with Crippen LogP contribution < -0.4 is 10.3 Å². The number of ether oxygens (including phenoxy) is 1. The minimum atomic E-state index is -0.147. The average Bonchev–Trinajstić information content (AvgIpc) is 3.23. The number of benzene rings is 2. The molecule has 0 bridgehead atoms. The lowest BCUT2D eigenvalue weighted by Gasteiger charge is -2.10. The Labute approximate surface area is 188 Å². The molecule has 0 spiro atoms. The molecule has 158 valence electrons. The molecule has 0 saturated heterocycles. The molecule has 2 aromatic carbocycles. The molecule has 0 aliphatic rings. The van der Waals surface area contributed by atoms with E-state index in [9.17, 15) is 4.79 Å². The fourth-order valence-corrected chi connectivity index (χ4v) is 3.68. The maximum atomic E-state index is 13.1. The van der Waals surface area contributed by atoms with Crippen LogP contribution >= 0.6 is 11.6 Å². The van der Waals surface area contributed by atoms with Gasteiger partial charge in [-0.3, -0.25) is 19.0 Å². The van der Waals surface area contributed by atoms with Crippen molar-refractivity contribution in [3.63, 3.8) is 0 Å². The first-order valence-electron chi connectivity index (χ1n) is 9.92. The number of aromatic nitrogens is 5. The van der Waals surface area contributed by atoms with Gasteiger partial charge in [0.25, 0.3) is 5.56 Å². The lowest BCUT2D eigenvalue weighted by molar-refractivity contribution is 0.483. The van der Waals surface area contributed by atoms with Gasteiger partial charge in [-0.05, 0) is 42.0 Å². The van der Waals surface area contributed by atoms with Gasteiger partial charge >= 0.3 is 0 Å². The van der Waals surface area contributed by atoms with Crippen LogP contribution in [0.15, 0.2) is 84.3 Å². The molecule has 0 aliphatic heterocycles. The quantitative estimate of drug-likeness (QED) is 0.394. The highest BCUT2D eigenvalue weighted by atomic mass is 35.5. The van der Waals surface area contributed by atoms with E-state index in [0.717, 1.165) is 16.8 Å². The Balaban J connectivity index is 1.45. The van der Waals surface area contributed by atoms with Crippen LogP contribution in [0, 0.1) is 0 Å². The molecule has 3 aromatic heterocycles. The monoisotopic (exact) mass is 443 g/mol. The Kier molecular flexibility index (Phi) is 5.17. The van der Waals surface area contributed by atoms with Gasteiger partial charge < -0.3 is 4.74 Å². The number of hydrogen-bond donors (Lipinski definition) is 0. The van der Waals surface area contributed by atoms with E-state index in [4.69, 9.17) is 16.3 Å². The van der Waals surface area contributed by atoms with E-state index in [1.165, 1.54) is 0 Å². The molecule has 7 nitrogen and oxygen atoms in total. The number of halogens is 1. The highest BCUT2D eigenvalue weighted by molar-refractivity contribution is 6.30. The van der Waals surface area contributed by atoms with Gasteiger partial charge in [0.05, 0.1) is 35.7 Å². The van der Waals surface area contributed by atoms with Crippen molar-refractivity contribution < 1.29 is 4.74 Å². The molecule has 5 aromatic rings. The molecule has 0 N–H and O–H groups in total. The van der Waals surface area contributed by atoms with Crippen LogP contribution in [0.2, 0.25) is 5.02 Å². The predicted molar refractivity (Wildman–Crippen MR) is 123 cm³/mol. The molecule has 3 heterocycles. The van der Waals surface area contributed by atoms with Crippen LogP contribution in [0.4, 0.5) is 0 Å². The van der Waals surface area contributed by atoms with Gasteiger partial charge in [0.2, 0.25) is 0 Å². The van der Waals surface area contributed by atoms with E-state index >= 15 is 0 Å². The summed E-state index contributed by atoms with van der Waals surface area (Å²) < 4.78 is 9.30. The van der Waals surface area contributed by atoms with Crippen LogP contribution in [0.3, 0.4) is 0 Å². The van der Waals surface area contributed by atoms with Crippen molar-refractivity contribution in [3.05, 3.63) is 100 Å². The third-order valence-corrected chi connectivity index (χ3v) is 5.24. The largest absolute Gasteiger partial charge is 0.457 e. The van der Waals surface area contributed by atoms with Gasteiger partial charge in [0.15, 0.2) is 0 Å². The maximum Gasteiger partial charge on any atom is 0.261 e. The fourth-order valence-electron chi connectivity index (χ4n) is 3.47. The second-order valence-corrected chi connectivity index (χ2v) is 7.80. The van der Waals surface area contributed by atoms with E-state index < -0.39 is 0 Å². The van der Waals surface area contributed by atoms with Crippen molar-refractivity contribution in [3.8, 4) is 22.8 Å². The van der Waals surface area contributed by atoms with Crippen molar-refractivity contribution in [2.75, 3.05) is 0 Å². The van der Waals surface area contributed by atoms with Crippen LogP contribution in [0.5, 0.6) is 11.5 Å². The maximum absolute atomic E-state index is 13.1. The van der Waals surface area contributed by atoms with Gasteiger partial charge in [-0.1, -0.05) is 23.7 Å². The van der Waals surface area contributed by atoms with Gasteiger partial charge in [-0.15, -0.1) is 0 Å². The molecule has 0 aliphatic carbocycles. The number of nitrogens with zero attached hydrogens (tertiary/aromatic N) is 5. The molecule has 32 heavy (non-hydrogen) atoms. The standard InChI is InChI=1S/C24H18ClN5O2/c1-29-14-17(12-28-29)23-11-20(7-8-26-23)32-19-5-6-22-21(10-19)24(31)30(15-27-22)13-16-3-2-4-18(25)9-16/h2-12,14-15H,13H2,1H3. The van der Waals surface area contributed by atoms with E-state index in [1.54, 1.807) is 58.3 Å². The third kappa shape index (κ3) is 4.10. The third-order valence-electron chi connectivity index (χ3n) is 5.01. The van der Waals surface area contributed by atoms with Crippen molar-refractivity contribution in [1.82, 2.24) is 24.3 Å². The van der Waals surface area contributed by atoms with Gasteiger partial charge in [-0.25, -0.2) is 4.98 Å². The van der Waals surface area contributed by atoms with Crippen molar-refractivity contribution in [2.45, 2.75) is 6.54 Å². The molecule has 0 fully saturated rings. The summed E-state index contributed by atoms with van der Waals surface area (Å²) in [4.78, 5) is 21.9. The van der Waals surface area contributed by atoms with E-state index in [0.29, 0.717) is 34.0 Å². The Hall–Kier alpha value is -3.97. The van der Waals surface area contributed by atoms with Crippen molar-refractivity contribution in [1.29, 1.82) is 0 Å². The van der Waals surface area contributed by atoms with E-state index in [1.807, 2.05) is 37.5 Å². The normalized spacial score (nSPS) is 11.1. The lowest BCUT2D eigenvalue weighted by Crippen LogP contribution is -2.21. The summed E-state index contributed by atoms with van der Waals surface area (Å²) in [6.07, 6.45) is 6.86. The first-order chi connectivity index (χ1) is 15.5. The summed E-state index contributed by atoms with van der Waals surface area (Å²) in [6, 6.07) is 16.3. The number of fused-ring (bicyclic) bond motifs is 1. The molecule has 0 radical (unpaired) electrons. The summed E-state index contributed by atoms with van der Waals surface area (Å²) in [7, 11) is 1.85. The molecular weight excluding hydrogens is 426 g/mol. The fraction of sp³-hybridized carbons (Fsp3) is 0.0833. The van der Waals surface area contributed by atoms with Crippen LogP contribution in [-0.2, 0) is 13.6 Å². The van der Waals surface area contributed by atoms with Gasteiger partial charge in [-0.2, -0.15) is 5.10 Å². The molecule has 0 unspecified atom stereocenters. The minimum absolute atomic E-state index is 0.147. The zero-order valence-corrected chi connectivity index (χ0v) is 17.9. The van der Waals surface area contributed by atoms with Crippen LogP contribution in [-0.4, -0.2) is 24.3 Å². The molecule has 0 saturated carbocycles. The number of hydrogen-bond acceptors (Lipinski definition) is 5. The van der Waals surface area contributed by atoms with Crippen molar-refractivity contribution >= 4 is 22.5 Å².